The number of aliphatic hydroxyl groups excluding tert-OH is 1. The molecule has 0 spiro atoms. The summed E-state index contributed by atoms with van der Waals surface area (Å²) < 4.78 is 0. The van der Waals surface area contributed by atoms with Crippen LogP contribution in [0, 0.1) is 5.92 Å². The van der Waals surface area contributed by atoms with Gasteiger partial charge in [-0.1, -0.05) is 49.4 Å². The monoisotopic (exact) mass is 336 g/mol. The highest BCUT2D eigenvalue weighted by Gasteiger charge is 2.13. The van der Waals surface area contributed by atoms with Crippen LogP contribution in [0.2, 0.25) is 0 Å². The van der Waals surface area contributed by atoms with Gasteiger partial charge in [-0.3, -0.25) is 0 Å². The van der Waals surface area contributed by atoms with Gasteiger partial charge < -0.3 is 15.3 Å². The fraction of sp³-hybridized carbons (Fsp3) is 0.273. The number of aliphatic hydroxyl groups is 1. The summed E-state index contributed by atoms with van der Waals surface area (Å²) >= 11 is 0. The van der Waals surface area contributed by atoms with Crippen molar-refractivity contribution in [1.82, 2.24) is 0 Å². The summed E-state index contributed by atoms with van der Waals surface area (Å²) in [5, 5.41) is 32.0. The molecular weight excluding hydrogens is 312 g/mol. The largest absolute Gasteiger partial charge is 0.508 e. The fourth-order valence-electron chi connectivity index (χ4n) is 3.37. The number of hydrogen-bond donors (Lipinski definition) is 3. The van der Waals surface area contributed by atoms with Crippen molar-refractivity contribution in [2.75, 3.05) is 0 Å². The van der Waals surface area contributed by atoms with Crippen LogP contribution in [0.25, 0.3) is 10.8 Å². The van der Waals surface area contributed by atoms with E-state index in [1.54, 1.807) is 0 Å². The summed E-state index contributed by atoms with van der Waals surface area (Å²) in [5.41, 5.74) is 1.88. The summed E-state index contributed by atoms with van der Waals surface area (Å²) in [6.45, 7) is 2.19. The number of benzene rings is 3. The maximum atomic E-state index is 10.3. The average Bonchev–Trinajstić information content (AvgIpc) is 2.59. The minimum Gasteiger partial charge on any atom is -0.508 e. The molecule has 2 atom stereocenters. The fourth-order valence-corrected chi connectivity index (χ4v) is 3.37. The van der Waals surface area contributed by atoms with E-state index in [-0.39, 0.29) is 11.5 Å². The van der Waals surface area contributed by atoms with Crippen LogP contribution in [0.1, 0.15) is 37.0 Å². The number of fused-ring (bicyclic) bond motifs is 1. The molecular formula is C22H24O3. The highest BCUT2D eigenvalue weighted by molar-refractivity contribution is 5.85. The maximum absolute atomic E-state index is 10.3. The molecule has 0 saturated carbocycles. The first kappa shape index (κ1) is 17.3. The molecule has 3 aromatic rings. The molecule has 3 rings (SSSR count). The highest BCUT2D eigenvalue weighted by Crippen LogP contribution is 2.29. The molecule has 130 valence electrons. The Bertz CT molecular complexity index is 831. The van der Waals surface area contributed by atoms with E-state index in [1.807, 2.05) is 0 Å². The lowest BCUT2D eigenvalue weighted by Crippen LogP contribution is -2.05. The van der Waals surface area contributed by atoms with Crippen molar-refractivity contribution in [2.24, 2.45) is 5.92 Å². The lowest BCUT2D eigenvalue weighted by Gasteiger charge is -2.17. The Morgan fingerprint density at radius 1 is 0.840 bits per heavy atom. The van der Waals surface area contributed by atoms with Crippen LogP contribution < -0.4 is 0 Å². The van der Waals surface area contributed by atoms with E-state index < -0.39 is 6.10 Å². The minimum absolute atomic E-state index is 0.0298. The quantitative estimate of drug-likeness (QED) is 0.597. The van der Waals surface area contributed by atoms with Gasteiger partial charge in [0.05, 0.1) is 6.10 Å². The second kappa shape index (κ2) is 7.58. The SMILES string of the molecule is C[C@@H](CC[C@@H](O)c1cc(O)cc(O)c1)Cc1cccc2ccccc12. The van der Waals surface area contributed by atoms with Gasteiger partial charge in [0.15, 0.2) is 0 Å². The molecule has 3 aromatic carbocycles. The zero-order chi connectivity index (χ0) is 17.8. The van der Waals surface area contributed by atoms with Crippen LogP contribution >= 0.6 is 0 Å². The Labute approximate surface area is 148 Å². The van der Waals surface area contributed by atoms with E-state index in [2.05, 4.69) is 49.4 Å². The summed E-state index contributed by atoms with van der Waals surface area (Å²) in [5.74, 6) is 0.363. The van der Waals surface area contributed by atoms with Crippen molar-refractivity contribution < 1.29 is 15.3 Å². The Hall–Kier alpha value is -2.52. The lowest BCUT2D eigenvalue weighted by atomic mass is 9.91. The summed E-state index contributed by atoms with van der Waals surface area (Å²) in [7, 11) is 0. The van der Waals surface area contributed by atoms with Crippen LogP contribution in [0.15, 0.2) is 60.7 Å². The third kappa shape index (κ3) is 4.31. The van der Waals surface area contributed by atoms with Gasteiger partial charge in [-0.05, 0) is 59.2 Å². The van der Waals surface area contributed by atoms with E-state index in [0.717, 1.165) is 12.8 Å². The minimum atomic E-state index is -0.687. The van der Waals surface area contributed by atoms with E-state index in [0.29, 0.717) is 17.9 Å². The van der Waals surface area contributed by atoms with Gasteiger partial charge in [0.2, 0.25) is 0 Å². The van der Waals surface area contributed by atoms with E-state index in [4.69, 9.17) is 0 Å². The van der Waals surface area contributed by atoms with Gasteiger partial charge in [0.1, 0.15) is 11.5 Å². The Kier molecular flexibility index (Phi) is 5.25. The number of phenols is 2. The third-order valence-corrected chi connectivity index (χ3v) is 4.69. The Balaban J connectivity index is 1.63. The van der Waals surface area contributed by atoms with Gasteiger partial charge in [0.25, 0.3) is 0 Å². The van der Waals surface area contributed by atoms with Crippen LogP contribution in [-0.2, 0) is 6.42 Å². The zero-order valence-electron chi connectivity index (χ0n) is 14.4. The smallest absolute Gasteiger partial charge is 0.119 e. The van der Waals surface area contributed by atoms with Crippen LogP contribution in [0.4, 0.5) is 0 Å². The first-order chi connectivity index (χ1) is 12.0. The van der Waals surface area contributed by atoms with Crippen LogP contribution in [0.5, 0.6) is 11.5 Å². The number of phenolic OH excluding ortho intramolecular Hbond substituents is 2. The van der Waals surface area contributed by atoms with Gasteiger partial charge in [0, 0.05) is 6.07 Å². The Morgan fingerprint density at radius 2 is 1.52 bits per heavy atom. The third-order valence-electron chi connectivity index (χ3n) is 4.69. The van der Waals surface area contributed by atoms with Crippen molar-refractivity contribution >= 4 is 10.8 Å². The molecule has 3 heteroatoms. The molecule has 0 saturated heterocycles. The molecule has 0 radical (unpaired) electrons. The normalized spacial score (nSPS) is 13.7. The first-order valence-corrected chi connectivity index (χ1v) is 8.70. The molecule has 3 N–H and O–H groups in total. The molecule has 0 aliphatic carbocycles. The average molecular weight is 336 g/mol. The van der Waals surface area contributed by atoms with Crippen molar-refractivity contribution in [2.45, 2.75) is 32.3 Å². The van der Waals surface area contributed by atoms with Crippen LogP contribution in [-0.4, -0.2) is 15.3 Å². The van der Waals surface area contributed by atoms with E-state index in [1.165, 1.54) is 34.5 Å². The summed E-state index contributed by atoms with van der Waals surface area (Å²) in [4.78, 5) is 0. The highest BCUT2D eigenvalue weighted by atomic mass is 16.3. The van der Waals surface area contributed by atoms with Gasteiger partial charge in [-0.25, -0.2) is 0 Å². The van der Waals surface area contributed by atoms with E-state index >= 15 is 0 Å². The van der Waals surface area contributed by atoms with Gasteiger partial charge in [-0.2, -0.15) is 0 Å². The topological polar surface area (TPSA) is 60.7 Å². The van der Waals surface area contributed by atoms with E-state index in [9.17, 15) is 15.3 Å². The van der Waals surface area contributed by atoms with Crippen molar-refractivity contribution in [3.05, 3.63) is 71.8 Å². The summed E-state index contributed by atoms with van der Waals surface area (Å²) in [6.07, 6.45) is 1.72. The van der Waals surface area contributed by atoms with Crippen molar-refractivity contribution in [3.8, 4) is 11.5 Å². The molecule has 0 aromatic heterocycles. The molecule has 0 aliphatic heterocycles. The molecule has 0 fully saturated rings. The predicted octanol–water partition coefficient (Wildman–Crippen LogP) is 4.94. The zero-order valence-corrected chi connectivity index (χ0v) is 14.4. The molecule has 0 aliphatic rings. The second-order valence-electron chi connectivity index (χ2n) is 6.82. The molecule has 3 nitrogen and oxygen atoms in total. The standard InChI is InChI=1S/C22H24O3/c1-15(9-10-22(25)18-12-19(23)14-20(24)13-18)11-17-7-4-6-16-5-2-3-8-21(16)17/h2-8,12-15,22-25H,9-11H2,1H3/t15-,22+/m0/s1. The first-order valence-electron chi connectivity index (χ1n) is 8.70. The molecule has 0 unspecified atom stereocenters. The molecule has 0 amide bonds. The Morgan fingerprint density at radius 3 is 2.28 bits per heavy atom. The molecule has 25 heavy (non-hydrogen) atoms. The maximum Gasteiger partial charge on any atom is 0.119 e. The number of aromatic hydroxyl groups is 2. The van der Waals surface area contributed by atoms with Crippen LogP contribution in [0.3, 0.4) is 0 Å². The van der Waals surface area contributed by atoms with Crippen molar-refractivity contribution in [1.29, 1.82) is 0 Å². The number of hydrogen-bond acceptors (Lipinski definition) is 3. The van der Waals surface area contributed by atoms with Gasteiger partial charge >= 0.3 is 0 Å². The van der Waals surface area contributed by atoms with Gasteiger partial charge in [-0.15, -0.1) is 0 Å². The summed E-state index contributed by atoms with van der Waals surface area (Å²) in [6, 6.07) is 19.0. The second-order valence-corrected chi connectivity index (χ2v) is 6.82. The molecule has 0 heterocycles. The lowest BCUT2D eigenvalue weighted by molar-refractivity contribution is 0.157. The van der Waals surface area contributed by atoms with Crippen molar-refractivity contribution in [3.63, 3.8) is 0 Å². The number of rotatable bonds is 6. The molecule has 0 bridgehead atoms. The predicted molar refractivity (Wildman–Crippen MR) is 101 cm³/mol.